The van der Waals surface area contributed by atoms with Gasteiger partial charge in [0, 0.05) is 52.3 Å². The first kappa shape index (κ1) is 22.3. The number of para-hydroxylation sites is 1. The van der Waals surface area contributed by atoms with Gasteiger partial charge in [0.2, 0.25) is 5.91 Å². The molecular weight excluding hydrogens is 413 g/mol. The molecule has 7 nitrogen and oxygen atoms in total. The van der Waals surface area contributed by atoms with Gasteiger partial charge in [-0.3, -0.25) is 9.59 Å². The summed E-state index contributed by atoms with van der Waals surface area (Å²) in [7, 11) is 0. The molecule has 4 rings (SSSR count). The molecule has 1 atom stereocenters. The Hall–Kier alpha value is -2.87. The Kier molecular flexibility index (Phi) is 7.09. The summed E-state index contributed by atoms with van der Waals surface area (Å²) in [6.07, 6.45) is 3.66. The summed E-state index contributed by atoms with van der Waals surface area (Å²) < 4.78 is 25.1. The highest BCUT2D eigenvalue weighted by atomic mass is 19.1. The highest BCUT2D eigenvalue weighted by Crippen LogP contribution is 2.21. The van der Waals surface area contributed by atoms with Crippen LogP contribution in [0.15, 0.2) is 41.0 Å². The Morgan fingerprint density at radius 3 is 2.59 bits per heavy atom. The van der Waals surface area contributed by atoms with E-state index in [4.69, 9.17) is 9.15 Å². The normalized spacial score (nSPS) is 18.8. The molecule has 1 aromatic carbocycles. The van der Waals surface area contributed by atoms with E-state index >= 15 is 0 Å². The Morgan fingerprint density at radius 1 is 1.16 bits per heavy atom. The first-order valence-corrected chi connectivity index (χ1v) is 11.2. The minimum absolute atomic E-state index is 0.00516. The largest absolute Gasteiger partial charge is 0.469 e. The molecular formula is C24H30FN3O4. The summed E-state index contributed by atoms with van der Waals surface area (Å²) in [6.45, 7) is 5.51. The van der Waals surface area contributed by atoms with Gasteiger partial charge in [0.25, 0.3) is 5.91 Å². The molecule has 2 aromatic rings. The maximum atomic E-state index is 14.1. The van der Waals surface area contributed by atoms with Crippen LogP contribution in [0.25, 0.3) is 0 Å². The van der Waals surface area contributed by atoms with Crippen LogP contribution in [0, 0.1) is 12.7 Å². The van der Waals surface area contributed by atoms with Crippen molar-refractivity contribution in [2.75, 3.05) is 50.8 Å². The van der Waals surface area contributed by atoms with Gasteiger partial charge in [-0.1, -0.05) is 12.1 Å². The van der Waals surface area contributed by atoms with Gasteiger partial charge in [0.05, 0.1) is 23.6 Å². The number of aryl methyl sites for hydroxylation is 1. The standard InChI is InChI=1S/C24H30FN3O4/c1-18-20(9-16-31-18)24(30)28(17-19-5-4-15-32-19)10-8-23(29)27-13-11-26(12-14-27)22-7-3-2-6-21(22)25/h2-3,6-7,9,16,19H,4-5,8,10-15,17H2,1H3. The lowest BCUT2D eigenvalue weighted by molar-refractivity contribution is -0.131. The molecule has 3 heterocycles. The molecule has 1 unspecified atom stereocenters. The van der Waals surface area contributed by atoms with Crippen molar-refractivity contribution in [1.82, 2.24) is 9.80 Å². The van der Waals surface area contributed by atoms with Crippen molar-refractivity contribution in [2.45, 2.75) is 32.3 Å². The molecule has 2 aliphatic heterocycles. The zero-order chi connectivity index (χ0) is 22.5. The third kappa shape index (κ3) is 5.12. The lowest BCUT2D eigenvalue weighted by atomic mass is 10.1. The van der Waals surface area contributed by atoms with Gasteiger partial charge >= 0.3 is 0 Å². The maximum Gasteiger partial charge on any atom is 0.257 e. The highest BCUT2D eigenvalue weighted by Gasteiger charge is 2.27. The SMILES string of the molecule is Cc1occc1C(=O)N(CCC(=O)N1CCN(c2ccccc2F)CC1)CC1CCCO1. The van der Waals surface area contributed by atoms with Gasteiger partial charge in [-0.2, -0.15) is 0 Å². The summed E-state index contributed by atoms with van der Waals surface area (Å²) in [5, 5.41) is 0. The number of hydrogen-bond acceptors (Lipinski definition) is 5. The van der Waals surface area contributed by atoms with Gasteiger partial charge in [-0.05, 0) is 38.0 Å². The summed E-state index contributed by atoms with van der Waals surface area (Å²) in [5.74, 6) is 0.198. The fourth-order valence-corrected chi connectivity index (χ4v) is 4.38. The van der Waals surface area contributed by atoms with E-state index in [2.05, 4.69) is 0 Å². The molecule has 2 fully saturated rings. The fraction of sp³-hybridized carbons (Fsp3) is 0.500. The van der Waals surface area contributed by atoms with Crippen LogP contribution in [0.3, 0.4) is 0 Å². The number of carbonyl (C=O) groups excluding carboxylic acids is 2. The maximum absolute atomic E-state index is 14.1. The van der Waals surface area contributed by atoms with Crippen LogP contribution in [0.4, 0.5) is 10.1 Å². The summed E-state index contributed by atoms with van der Waals surface area (Å²) in [5.41, 5.74) is 1.09. The van der Waals surface area contributed by atoms with E-state index < -0.39 is 0 Å². The quantitative estimate of drug-likeness (QED) is 0.658. The molecule has 0 saturated carbocycles. The van der Waals surface area contributed by atoms with Gasteiger partial charge in [-0.15, -0.1) is 0 Å². The Morgan fingerprint density at radius 2 is 1.94 bits per heavy atom. The molecule has 0 N–H and O–H groups in total. The molecule has 2 amide bonds. The third-order valence-corrected chi connectivity index (χ3v) is 6.25. The predicted octanol–water partition coefficient (Wildman–Crippen LogP) is 3.09. The topological polar surface area (TPSA) is 66.2 Å². The number of hydrogen-bond donors (Lipinski definition) is 0. The number of benzene rings is 1. The molecule has 32 heavy (non-hydrogen) atoms. The molecule has 8 heteroatoms. The van der Waals surface area contributed by atoms with Crippen LogP contribution in [-0.4, -0.2) is 73.6 Å². The summed E-state index contributed by atoms with van der Waals surface area (Å²) in [6, 6.07) is 8.38. The summed E-state index contributed by atoms with van der Waals surface area (Å²) >= 11 is 0. The van der Waals surface area contributed by atoms with E-state index in [0.29, 0.717) is 62.9 Å². The van der Waals surface area contributed by atoms with Gasteiger partial charge in [0.15, 0.2) is 0 Å². The van der Waals surface area contributed by atoms with E-state index in [1.165, 1.54) is 12.3 Å². The van der Waals surface area contributed by atoms with Gasteiger partial charge in [0.1, 0.15) is 11.6 Å². The highest BCUT2D eigenvalue weighted by molar-refractivity contribution is 5.95. The van der Waals surface area contributed by atoms with Crippen LogP contribution < -0.4 is 4.90 Å². The molecule has 0 spiro atoms. The van der Waals surface area contributed by atoms with Crippen molar-refractivity contribution >= 4 is 17.5 Å². The number of amides is 2. The van der Waals surface area contributed by atoms with Crippen molar-refractivity contribution in [2.24, 2.45) is 0 Å². The van der Waals surface area contributed by atoms with Crippen molar-refractivity contribution < 1.29 is 23.1 Å². The van der Waals surface area contributed by atoms with Crippen LogP contribution >= 0.6 is 0 Å². The van der Waals surface area contributed by atoms with Gasteiger partial charge in [-0.25, -0.2) is 4.39 Å². The second kappa shape index (κ2) is 10.2. The van der Waals surface area contributed by atoms with Crippen molar-refractivity contribution in [3.05, 3.63) is 53.7 Å². The number of carbonyl (C=O) groups is 2. The van der Waals surface area contributed by atoms with Crippen LogP contribution in [0.1, 0.15) is 35.4 Å². The Balaban J connectivity index is 1.33. The lowest BCUT2D eigenvalue weighted by Gasteiger charge is -2.36. The molecule has 2 saturated heterocycles. The van der Waals surface area contributed by atoms with Crippen LogP contribution in [0.2, 0.25) is 0 Å². The van der Waals surface area contributed by atoms with E-state index in [0.717, 1.165) is 12.8 Å². The molecule has 0 radical (unpaired) electrons. The third-order valence-electron chi connectivity index (χ3n) is 6.25. The summed E-state index contributed by atoms with van der Waals surface area (Å²) in [4.78, 5) is 31.4. The minimum Gasteiger partial charge on any atom is -0.469 e. The molecule has 1 aromatic heterocycles. The first-order chi connectivity index (χ1) is 15.5. The zero-order valence-electron chi connectivity index (χ0n) is 18.5. The Labute approximate surface area is 187 Å². The average molecular weight is 444 g/mol. The molecule has 0 aliphatic carbocycles. The zero-order valence-corrected chi connectivity index (χ0v) is 18.5. The molecule has 2 aliphatic rings. The first-order valence-electron chi connectivity index (χ1n) is 11.2. The number of piperazine rings is 1. The number of ether oxygens (including phenoxy) is 1. The monoisotopic (exact) mass is 443 g/mol. The van der Waals surface area contributed by atoms with Crippen molar-refractivity contribution in [3.63, 3.8) is 0 Å². The average Bonchev–Trinajstić information content (AvgIpc) is 3.48. The predicted molar refractivity (Wildman–Crippen MR) is 118 cm³/mol. The van der Waals surface area contributed by atoms with Crippen molar-refractivity contribution in [1.29, 1.82) is 0 Å². The lowest BCUT2D eigenvalue weighted by Crippen LogP contribution is -2.49. The number of furan rings is 1. The van der Waals surface area contributed by atoms with Crippen LogP contribution in [0.5, 0.6) is 0 Å². The number of anilines is 1. The second-order valence-corrected chi connectivity index (χ2v) is 8.35. The number of halogens is 1. The Bertz CT molecular complexity index is 933. The number of rotatable bonds is 7. The van der Waals surface area contributed by atoms with E-state index in [9.17, 15) is 14.0 Å². The number of nitrogens with zero attached hydrogens (tertiary/aromatic N) is 3. The van der Waals surface area contributed by atoms with Gasteiger partial charge < -0.3 is 23.9 Å². The molecule has 0 bridgehead atoms. The minimum atomic E-state index is -0.245. The van der Waals surface area contributed by atoms with Crippen molar-refractivity contribution in [3.8, 4) is 0 Å². The van der Waals surface area contributed by atoms with E-state index in [-0.39, 0.29) is 30.2 Å². The molecule has 172 valence electrons. The fourth-order valence-electron chi connectivity index (χ4n) is 4.38. The second-order valence-electron chi connectivity index (χ2n) is 8.35. The van der Waals surface area contributed by atoms with E-state index in [1.807, 2.05) is 11.0 Å². The smallest absolute Gasteiger partial charge is 0.257 e. The van der Waals surface area contributed by atoms with Crippen LogP contribution in [-0.2, 0) is 9.53 Å². The van der Waals surface area contributed by atoms with E-state index in [1.54, 1.807) is 34.9 Å².